The van der Waals surface area contributed by atoms with Gasteiger partial charge in [0.1, 0.15) is 12.4 Å². The van der Waals surface area contributed by atoms with Crippen LogP contribution in [0, 0.1) is 0 Å². The summed E-state index contributed by atoms with van der Waals surface area (Å²) in [4.78, 5) is 20.2. The summed E-state index contributed by atoms with van der Waals surface area (Å²) in [5, 5.41) is 1.92. The highest BCUT2D eigenvalue weighted by molar-refractivity contribution is 7.07. The fourth-order valence-electron chi connectivity index (χ4n) is 1.34. The number of carbonyl (C=O) groups is 1. The molecule has 0 saturated carbocycles. The monoisotopic (exact) mass is 264 g/mol. The summed E-state index contributed by atoms with van der Waals surface area (Å²) >= 11 is 1.52. The van der Waals surface area contributed by atoms with Crippen LogP contribution in [-0.2, 0) is 11.4 Å². The Balaban J connectivity index is 2.01. The number of hydrogen-bond donors (Lipinski definition) is 1. The van der Waals surface area contributed by atoms with Gasteiger partial charge in [-0.15, -0.1) is 11.3 Å². The van der Waals surface area contributed by atoms with Gasteiger partial charge in [-0.3, -0.25) is 9.63 Å². The molecule has 0 aliphatic rings. The molecule has 1 amide bonds. The van der Waals surface area contributed by atoms with Gasteiger partial charge in [0.05, 0.1) is 18.3 Å². The summed E-state index contributed by atoms with van der Waals surface area (Å²) < 4.78 is 5.54. The first-order valence-corrected chi connectivity index (χ1v) is 6.17. The molecule has 1 N–H and O–H groups in total. The molecule has 6 heteroatoms. The maximum atomic E-state index is 11.5. The van der Waals surface area contributed by atoms with Gasteiger partial charge in [0, 0.05) is 10.9 Å². The molecular formula is C12H12N2O3S. The third-order valence-corrected chi connectivity index (χ3v) is 2.80. The molecule has 0 unspecified atom stereocenters. The first-order valence-electron chi connectivity index (χ1n) is 5.23. The Kier molecular flexibility index (Phi) is 4.27. The van der Waals surface area contributed by atoms with Crippen LogP contribution in [0.5, 0.6) is 5.75 Å². The van der Waals surface area contributed by atoms with Crippen molar-refractivity contribution in [3.8, 4) is 5.75 Å². The van der Waals surface area contributed by atoms with Crippen LogP contribution in [0.2, 0.25) is 0 Å². The van der Waals surface area contributed by atoms with Crippen molar-refractivity contribution in [2.75, 3.05) is 7.11 Å². The van der Waals surface area contributed by atoms with Gasteiger partial charge in [-0.05, 0) is 18.2 Å². The molecule has 2 rings (SSSR count). The van der Waals surface area contributed by atoms with Crippen LogP contribution in [0.3, 0.4) is 0 Å². The SMILES string of the molecule is CONC(=O)c1cccc(OCc2cscn2)c1. The summed E-state index contributed by atoms with van der Waals surface area (Å²) in [6.45, 7) is 0.388. The fourth-order valence-corrected chi connectivity index (χ4v) is 1.89. The number of thiazole rings is 1. The van der Waals surface area contributed by atoms with Crippen molar-refractivity contribution in [2.45, 2.75) is 6.61 Å². The van der Waals surface area contributed by atoms with Crippen LogP contribution in [-0.4, -0.2) is 18.0 Å². The zero-order valence-electron chi connectivity index (χ0n) is 9.75. The van der Waals surface area contributed by atoms with Crippen molar-refractivity contribution in [1.82, 2.24) is 10.5 Å². The number of nitrogens with zero attached hydrogens (tertiary/aromatic N) is 1. The van der Waals surface area contributed by atoms with Crippen molar-refractivity contribution in [3.05, 3.63) is 46.4 Å². The molecule has 94 valence electrons. The second-order valence-corrected chi connectivity index (χ2v) is 4.15. The summed E-state index contributed by atoms with van der Waals surface area (Å²) in [5.74, 6) is 0.309. The lowest BCUT2D eigenvalue weighted by Crippen LogP contribution is -2.21. The van der Waals surface area contributed by atoms with E-state index < -0.39 is 0 Å². The highest BCUT2D eigenvalue weighted by Gasteiger charge is 2.06. The average Bonchev–Trinajstić information content (AvgIpc) is 2.90. The van der Waals surface area contributed by atoms with Crippen molar-refractivity contribution < 1.29 is 14.4 Å². The second-order valence-electron chi connectivity index (χ2n) is 3.43. The van der Waals surface area contributed by atoms with Crippen LogP contribution in [0.25, 0.3) is 0 Å². The average molecular weight is 264 g/mol. The number of hydroxylamine groups is 1. The predicted octanol–water partition coefficient (Wildman–Crippen LogP) is 2.01. The van der Waals surface area contributed by atoms with Gasteiger partial charge in [-0.1, -0.05) is 6.07 Å². The molecule has 2 aromatic rings. The first kappa shape index (κ1) is 12.5. The Morgan fingerprint density at radius 1 is 1.50 bits per heavy atom. The Labute approximate surface area is 108 Å². The summed E-state index contributed by atoms with van der Waals surface area (Å²) in [6, 6.07) is 6.88. The normalized spacial score (nSPS) is 10.1. The van der Waals surface area contributed by atoms with Gasteiger partial charge in [-0.25, -0.2) is 10.5 Å². The number of benzene rings is 1. The molecule has 0 fully saturated rings. The molecule has 0 bridgehead atoms. The number of carbonyl (C=O) groups excluding carboxylic acids is 1. The number of rotatable bonds is 5. The van der Waals surface area contributed by atoms with E-state index in [-0.39, 0.29) is 5.91 Å². The van der Waals surface area contributed by atoms with E-state index in [4.69, 9.17) is 4.74 Å². The Hall–Kier alpha value is -1.92. The van der Waals surface area contributed by atoms with Crippen LogP contribution < -0.4 is 10.2 Å². The Morgan fingerprint density at radius 3 is 3.11 bits per heavy atom. The van der Waals surface area contributed by atoms with Crippen molar-refractivity contribution >= 4 is 17.2 Å². The van der Waals surface area contributed by atoms with E-state index in [0.717, 1.165) is 5.69 Å². The Bertz CT molecular complexity index is 514. The molecule has 0 aliphatic carbocycles. The molecule has 5 nitrogen and oxygen atoms in total. The van der Waals surface area contributed by atoms with E-state index in [2.05, 4.69) is 15.3 Å². The summed E-state index contributed by atoms with van der Waals surface area (Å²) in [6.07, 6.45) is 0. The number of hydrogen-bond acceptors (Lipinski definition) is 5. The molecule has 0 atom stereocenters. The molecule has 1 heterocycles. The first-order chi connectivity index (χ1) is 8.79. The highest BCUT2D eigenvalue weighted by atomic mass is 32.1. The minimum Gasteiger partial charge on any atom is -0.487 e. The van der Waals surface area contributed by atoms with Crippen LogP contribution in [0.4, 0.5) is 0 Å². The molecule has 1 aromatic carbocycles. The lowest BCUT2D eigenvalue weighted by Gasteiger charge is -2.06. The van der Waals surface area contributed by atoms with Crippen LogP contribution in [0.1, 0.15) is 16.1 Å². The van der Waals surface area contributed by atoms with Crippen molar-refractivity contribution in [1.29, 1.82) is 0 Å². The van der Waals surface area contributed by atoms with Gasteiger partial charge in [0.2, 0.25) is 0 Å². The quantitative estimate of drug-likeness (QED) is 0.839. The summed E-state index contributed by atoms with van der Waals surface area (Å²) in [5.41, 5.74) is 5.35. The molecule has 0 spiro atoms. The minimum absolute atomic E-state index is 0.309. The second kappa shape index (κ2) is 6.13. The predicted molar refractivity (Wildman–Crippen MR) is 67.4 cm³/mol. The van der Waals surface area contributed by atoms with Crippen LogP contribution in [0.15, 0.2) is 35.2 Å². The zero-order valence-corrected chi connectivity index (χ0v) is 10.6. The molecule has 0 radical (unpaired) electrons. The summed E-state index contributed by atoms with van der Waals surface area (Å²) in [7, 11) is 1.39. The number of amides is 1. The lowest BCUT2D eigenvalue weighted by molar-refractivity contribution is 0.0537. The van der Waals surface area contributed by atoms with Gasteiger partial charge in [-0.2, -0.15) is 0 Å². The van der Waals surface area contributed by atoms with Gasteiger partial charge in [0.25, 0.3) is 5.91 Å². The maximum Gasteiger partial charge on any atom is 0.274 e. The molecule has 1 aromatic heterocycles. The number of aromatic nitrogens is 1. The fraction of sp³-hybridized carbons (Fsp3) is 0.167. The van der Waals surface area contributed by atoms with E-state index >= 15 is 0 Å². The third-order valence-electron chi connectivity index (χ3n) is 2.16. The van der Waals surface area contributed by atoms with E-state index in [1.165, 1.54) is 18.4 Å². The largest absolute Gasteiger partial charge is 0.487 e. The van der Waals surface area contributed by atoms with Crippen molar-refractivity contribution in [2.24, 2.45) is 0 Å². The molecular weight excluding hydrogens is 252 g/mol. The minimum atomic E-state index is -0.309. The van der Waals surface area contributed by atoms with E-state index in [1.807, 2.05) is 5.38 Å². The van der Waals surface area contributed by atoms with Crippen molar-refractivity contribution in [3.63, 3.8) is 0 Å². The van der Waals surface area contributed by atoms with E-state index in [9.17, 15) is 4.79 Å². The van der Waals surface area contributed by atoms with Gasteiger partial charge in [0.15, 0.2) is 0 Å². The van der Waals surface area contributed by atoms with Gasteiger partial charge < -0.3 is 4.74 Å². The van der Waals surface area contributed by atoms with E-state index in [1.54, 1.807) is 29.8 Å². The number of ether oxygens (including phenoxy) is 1. The topological polar surface area (TPSA) is 60.5 Å². The molecule has 0 saturated heterocycles. The third kappa shape index (κ3) is 3.28. The number of nitrogens with one attached hydrogen (secondary N) is 1. The van der Waals surface area contributed by atoms with Crippen LogP contribution >= 0.6 is 11.3 Å². The molecule has 18 heavy (non-hydrogen) atoms. The zero-order chi connectivity index (χ0) is 12.8. The van der Waals surface area contributed by atoms with E-state index in [0.29, 0.717) is 17.9 Å². The van der Waals surface area contributed by atoms with Gasteiger partial charge >= 0.3 is 0 Å². The smallest absolute Gasteiger partial charge is 0.274 e. The highest BCUT2D eigenvalue weighted by Crippen LogP contribution is 2.15. The standard InChI is InChI=1S/C12H12N2O3S/c1-16-14-12(15)9-3-2-4-11(5-9)17-6-10-7-18-8-13-10/h2-5,7-8H,6H2,1H3,(H,14,15). The molecule has 0 aliphatic heterocycles. The lowest BCUT2D eigenvalue weighted by atomic mass is 10.2. The maximum absolute atomic E-state index is 11.5. The Morgan fingerprint density at radius 2 is 2.39 bits per heavy atom.